The number of thiazole rings is 1. The molecule has 1 aliphatic heterocycles. The largest absolute Gasteiger partial charge is 0.346 e. The van der Waals surface area contributed by atoms with Crippen LogP contribution in [0.3, 0.4) is 0 Å². The quantitative estimate of drug-likeness (QED) is 0.887. The van der Waals surface area contributed by atoms with Gasteiger partial charge in [0.15, 0.2) is 5.13 Å². The third-order valence-electron chi connectivity index (χ3n) is 2.70. The minimum Gasteiger partial charge on any atom is -0.346 e. The highest BCUT2D eigenvalue weighted by molar-refractivity contribution is 7.14. The maximum absolute atomic E-state index is 4.70. The van der Waals surface area contributed by atoms with Gasteiger partial charge in [0.25, 0.3) is 0 Å². The molecule has 0 aliphatic carbocycles. The van der Waals surface area contributed by atoms with Gasteiger partial charge in [0.2, 0.25) is 0 Å². The predicted molar refractivity (Wildman–Crippen MR) is 70.5 cm³/mol. The topological polar surface area (TPSA) is 28.2 Å². The zero-order chi connectivity index (χ0) is 10.8. The second-order valence-electron chi connectivity index (χ2n) is 3.76. The fourth-order valence-electron chi connectivity index (χ4n) is 1.81. The molecular formula is C11H13N3S2. The van der Waals surface area contributed by atoms with Crippen LogP contribution in [-0.2, 0) is 0 Å². The highest BCUT2D eigenvalue weighted by atomic mass is 32.1. The van der Waals surface area contributed by atoms with E-state index in [0.717, 1.165) is 37.0 Å². The van der Waals surface area contributed by atoms with Crippen LogP contribution in [0.2, 0.25) is 0 Å². The normalized spacial score (nSPS) is 16.6. The Labute approximate surface area is 103 Å². The molecule has 3 heterocycles. The minimum absolute atomic E-state index is 1.06. The summed E-state index contributed by atoms with van der Waals surface area (Å²) in [5, 5.41) is 10.9. The van der Waals surface area contributed by atoms with E-state index in [1.54, 1.807) is 22.7 Å². The van der Waals surface area contributed by atoms with Crippen LogP contribution in [0.1, 0.15) is 0 Å². The van der Waals surface area contributed by atoms with Crippen molar-refractivity contribution in [2.75, 3.05) is 31.1 Å². The summed E-state index contributed by atoms with van der Waals surface area (Å²) in [7, 11) is 0. The standard InChI is InChI=1S/C11H13N3S2/c1-6-15-7-9(1)10-8-16-11(13-10)14-4-2-12-3-5-14/h1,6-8,12H,2-5H2. The lowest BCUT2D eigenvalue weighted by Crippen LogP contribution is -2.43. The summed E-state index contributed by atoms with van der Waals surface area (Å²) < 4.78 is 0. The lowest BCUT2D eigenvalue weighted by Gasteiger charge is -2.26. The first-order valence-corrected chi connectivity index (χ1v) is 7.19. The third kappa shape index (κ3) is 1.98. The Hall–Kier alpha value is -0.910. The van der Waals surface area contributed by atoms with E-state index in [4.69, 9.17) is 4.98 Å². The van der Waals surface area contributed by atoms with Crippen molar-refractivity contribution in [3.8, 4) is 11.3 Å². The zero-order valence-corrected chi connectivity index (χ0v) is 10.5. The van der Waals surface area contributed by atoms with Crippen LogP contribution >= 0.6 is 22.7 Å². The number of anilines is 1. The summed E-state index contributed by atoms with van der Waals surface area (Å²) in [6, 6.07) is 2.13. The average Bonchev–Trinajstić information content (AvgIpc) is 3.01. The van der Waals surface area contributed by atoms with Gasteiger partial charge in [-0.25, -0.2) is 4.98 Å². The van der Waals surface area contributed by atoms with Crippen LogP contribution < -0.4 is 10.2 Å². The lowest BCUT2D eigenvalue weighted by molar-refractivity contribution is 0.588. The molecule has 16 heavy (non-hydrogen) atoms. The van der Waals surface area contributed by atoms with Crippen LogP contribution in [0.5, 0.6) is 0 Å². The summed E-state index contributed by atoms with van der Waals surface area (Å²) in [5.74, 6) is 0. The van der Waals surface area contributed by atoms with Gasteiger partial charge in [-0.2, -0.15) is 11.3 Å². The smallest absolute Gasteiger partial charge is 0.185 e. The summed E-state index contributed by atoms with van der Waals surface area (Å²) in [4.78, 5) is 7.06. The molecule has 2 aromatic heterocycles. The van der Waals surface area contributed by atoms with E-state index in [1.165, 1.54) is 5.56 Å². The molecule has 3 rings (SSSR count). The van der Waals surface area contributed by atoms with E-state index in [9.17, 15) is 0 Å². The molecule has 84 valence electrons. The average molecular weight is 251 g/mol. The Balaban J connectivity index is 1.82. The van der Waals surface area contributed by atoms with Gasteiger partial charge in [-0.1, -0.05) is 0 Å². The number of piperazine rings is 1. The second-order valence-corrected chi connectivity index (χ2v) is 5.38. The van der Waals surface area contributed by atoms with Crippen LogP contribution in [0, 0.1) is 0 Å². The first-order chi connectivity index (χ1) is 7.93. The Morgan fingerprint density at radius 1 is 1.25 bits per heavy atom. The molecule has 0 saturated carbocycles. The molecule has 0 radical (unpaired) electrons. The molecule has 0 unspecified atom stereocenters. The number of nitrogens with zero attached hydrogens (tertiary/aromatic N) is 2. The highest BCUT2D eigenvalue weighted by Crippen LogP contribution is 2.28. The van der Waals surface area contributed by atoms with Crippen molar-refractivity contribution in [1.82, 2.24) is 10.3 Å². The van der Waals surface area contributed by atoms with Gasteiger partial charge >= 0.3 is 0 Å². The van der Waals surface area contributed by atoms with Crippen LogP contribution in [0.25, 0.3) is 11.3 Å². The fraction of sp³-hybridized carbons (Fsp3) is 0.364. The van der Waals surface area contributed by atoms with Gasteiger partial charge in [0, 0.05) is 42.5 Å². The Kier molecular flexibility index (Phi) is 2.90. The predicted octanol–water partition coefficient (Wildman–Crippen LogP) is 2.28. The third-order valence-corrected chi connectivity index (χ3v) is 4.28. The minimum atomic E-state index is 1.06. The summed E-state index contributed by atoms with van der Waals surface area (Å²) in [6.45, 7) is 4.26. The summed E-state index contributed by atoms with van der Waals surface area (Å²) >= 11 is 3.47. The van der Waals surface area contributed by atoms with Gasteiger partial charge < -0.3 is 10.2 Å². The molecule has 1 N–H and O–H groups in total. The molecule has 3 nitrogen and oxygen atoms in total. The number of nitrogens with one attached hydrogen (secondary N) is 1. The van der Waals surface area contributed by atoms with Crippen LogP contribution in [0.4, 0.5) is 5.13 Å². The number of thiophene rings is 1. The molecule has 1 fully saturated rings. The van der Waals surface area contributed by atoms with Crippen molar-refractivity contribution in [3.63, 3.8) is 0 Å². The van der Waals surface area contributed by atoms with E-state index in [1.807, 2.05) is 0 Å². The first kappa shape index (κ1) is 10.3. The number of hydrogen-bond donors (Lipinski definition) is 1. The van der Waals surface area contributed by atoms with Crippen molar-refractivity contribution in [2.45, 2.75) is 0 Å². The molecule has 0 bridgehead atoms. The van der Waals surface area contributed by atoms with Crippen molar-refractivity contribution in [1.29, 1.82) is 0 Å². The Morgan fingerprint density at radius 3 is 2.88 bits per heavy atom. The summed E-state index contributed by atoms with van der Waals surface area (Å²) in [6.07, 6.45) is 0. The molecular weight excluding hydrogens is 238 g/mol. The van der Waals surface area contributed by atoms with E-state index < -0.39 is 0 Å². The molecule has 0 amide bonds. The molecule has 0 aromatic carbocycles. The molecule has 0 atom stereocenters. The van der Waals surface area contributed by atoms with E-state index >= 15 is 0 Å². The maximum atomic E-state index is 4.70. The molecule has 1 aliphatic rings. The van der Waals surface area contributed by atoms with Crippen LogP contribution in [-0.4, -0.2) is 31.2 Å². The molecule has 0 spiro atoms. The number of rotatable bonds is 2. The van der Waals surface area contributed by atoms with Gasteiger partial charge in [0.1, 0.15) is 0 Å². The van der Waals surface area contributed by atoms with Crippen molar-refractivity contribution >= 4 is 27.8 Å². The number of hydrogen-bond acceptors (Lipinski definition) is 5. The van der Waals surface area contributed by atoms with Gasteiger partial charge in [0.05, 0.1) is 5.69 Å². The van der Waals surface area contributed by atoms with Crippen molar-refractivity contribution in [2.24, 2.45) is 0 Å². The van der Waals surface area contributed by atoms with Gasteiger partial charge in [-0.3, -0.25) is 0 Å². The van der Waals surface area contributed by atoms with Crippen molar-refractivity contribution < 1.29 is 0 Å². The van der Waals surface area contributed by atoms with E-state index in [2.05, 4.69) is 32.4 Å². The Bertz CT molecular complexity index is 444. The zero-order valence-electron chi connectivity index (χ0n) is 8.85. The van der Waals surface area contributed by atoms with Gasteiger partial charge in [-0.15, -0.1) is 11.3 Å². The lowest BCUT2D eigenvalue weighted by atomic mass is 10.3. The molecule has 5 heteroatoms. The SMILES string of the molecule is c1cc(-c2csc(N3CCNCC3)n2)cs1. The van der Waals surface area contributed by atoms with E-state index in [0.29, 0.717) is 0 Å². The second kappa shape index (κ2) is 4.53. The highest BCUT2D eigenvalue weighted by Gasteiger charge is 2.14. The van der Waals surface area contributed by atoms with Crippen LogP contribution in [0.15, 0.2) is 22.2 Å². The first-order valence-electron chi connectivity index (χ1n) is 5.37. The number of aromatic nitrogens is 1. The molecule has 1 saturated heterocycles. The fourth-order valence-corrected chi connectivity index (χ4v) is 3.35. The van der Waals surface area contributed by atoms with Crippen molar-refractivity contribution in [3.05, 3.63) is 22.2 Å². The monoisotopic (exact) mass is 251 g/mol. The van der Waals surface area contributed by atoms with E-state index in [-0.39, 0.29) is 0 Å². The maximum Gasteiger partial charge on any atom is 0.185 e. The Morgan fingerprint density at radius 2 is 2.12 bits per heavy atom. The summed E-state index contributed by atoms with van der Waals surface area (Å²) in [5.41, 5.74) is 2.35. The van der Waals surface area contributed by atoms with Gasteiger partial charge in [-0.05, 0) is 11.4 Å². The molecule has 2 aromatic rings.